The summed E-state index contributed by atoms with van der Waals surface area (Å²) >= 11 is 0. The van der Waals surface area contributed by atoms with Gasteiger partial charge in [0.15, 0.2) is 6.10 Å². The van der Waals surface area contributed by atoms with Crippen LogP contribution in [-0.4, -0.2) is 37.2 Å². The highest BCUT2D eigenvalue weighted by atomic mass is 16.6. The van der Waals surface area contributed by atoms with E-state index in [4.69, 9.17) is 14.2 Å². The zero-order valence-electron chi connectivity index (χ0n) is 38.2. The summed E-state index contributed by atoms with van der Waals surface area (Å²) in [6.07, 6.45) is 59.9. The fourth-order valence-corrected chi connectivity index (χ4v) is 6.45. The van der Waals surface area contributed by atoms with Crippen molar-refractivity contribution < 1.29 is 28.6 Å². The molecule has 0 saturated heterocycles. The van der Waals surface area contributed by atoms with Crippen molar-refractivity contribution in [2.45, 2.75) is 219 Å². The van der Waals surface area contributed by atoms with Gasteiger partial charge in [0.25, 0.3) is 0 Å². The van der Waals surface area contributed by atoms with E-state index in [1.165, 1.54) is 77.0 Å². The quantitative estimate of drug-likeness (QED) is 0.0264. The maximum Gasteiger partial charge on any atom is 0.306 e. The summed E-state index contributed by atoms with van der Waals surface area (Å²) in [7, 11) is 0. The van der Waals surface area contributed by atoms with Gasteiger partial charge in [-0.3, -0.25) is 14.4 Å². The van der Waals surface area contributed by atoms with Gasteiger partial charge in [0.05, 0.1) is 0 Å². The maximum atomic E-state index is 12.8. The van der Waals surface area contributed by atoms with E-state index in [1.807, 2.05) is 18.2 Å². The van der Waals surface area contributed by atoms with Gasteiger partial charge in [0.1, 0.15) is 13.2 Å². The van der Waals surface area contributed by atoms with Crippen LogP contribution in [0.1, 0.15) is 213 Å². The van der Waals surface area contributed by atoms with Crippen LogP contribution in [0.2, 0.25) is 0 Å². The minimum atomic E-state index is -0.790. The molecule has 0 radical (unpaired) electrons. The van der Waals surface area contributed by atoms with Gasteiger partial charge in [-0.2, -0.15) is 0 Å². The zero-order chi connectivity index (χ0) is 43.0. The fourth-order valence-electron chi connectivity index (χ4n) is 6.45. The standard InChI is InChI=1S/C53H88O6/c1-4-7-10-13-16-19-22-24-26-28-31-34-37-40-43-46-52(55)58-49-50(48-57-51(54)45-42-39-36-33-30-21-18-15-12-9-6-3)59-53(56)47-44-41-38-35-32-29-27-25-23-20-17-14-11-8-5-2/h7-8,10-11,13-14,16-17,19-20,22-24,26,50H,4-6,9,12,15,18,21,25,27-49H2,1-3H3/b10-7-,11-8-,16-13-,17-14-,22-19-,23-20-,26-24-. The Labute approximate surface area is 363 Å². The average Bonchev–Trinajstić information content (AvgIpc) is 3.23. The molecule has 0 aromatic rings. The Balaban J connectivity index is 4.45. The molecule has 1 unspecified atom stereocenters. The molecule has 336 valence electrons. The van der Waals surface area contributed by atoms with Gasteiger partial charge in [-0.15, -0.1) is 0 Å². The van der Waals surface area contributed by atoms with Crippen molar-refractivity contribution in [3.63, 3.8) is 0 Å². The first-order valence-corrected chi connectivity index (χ1v) is 24.2. The average molecular weight is 821 g/mol. The molecule has 0 saturated carbocycles. The number of carbonyl (C=O) groups is 3. The zero-order valence-corrected chi connectivity index (χ0v) is 38.2. The summed E-state index contributed by atoms with van der Waals surface area (Å²) in [5, 5.41) is 0. The summed E-state index contributed by atoms with van der Waals surface area (Å²) in [4.78, 5) is 37.9. The predicted octanol–water partition coefficient (Wildman–Crippen LogP) is 15.6. The van der Waals surface area contributed by atoms with Gasteiger partial charge in [-0.05, 0) is 57.8 Å². The largest absolute Gasteiger partial charge is 0.462 e. The molecule has 0 bridgehead atoms. The monoisotopic (exact) mass is 821 g/mol. The normalized spacial score (nSPS) is 12.8. The van der Waals surface area contributed by atoms with Crippen LogP contribution in [0.15, 0.2) is 85.1 Å². The van der Waals surface area contributed by atoms with E-state index < -0.39 is 6.10 Å². The van der Waals surface area contributed by atoms with E-state index >= 15 is 0 Å². The highest BCUT2D eigenvalue weighted by molar-refractivity contribution is 5.71. The SMILES string of the molecule is CC\C=C/C=C\C=C/C=C\CCCCCCCC(=O)OCC(COC(=O)CCCCCCCCCCCCC)OC(=O)CCCCCCCCC\C=C/C=C\C=C/CC. The Morgan fingerprint density at radius 2 is 0.661 bits per heavy atom. The molecule has 1 atom stereocenters. The summed E-state index contributed by atoms with van der Waals surface area (Å²) in [5.74, 6) is -0.929. The molecule has 0 rings (SSSR count). The van der Waals surface area contributed by atoms with Crippen molar-refractivity contribution in [3.8, 4) is 0 Å². The van der Waals surface area contributed by atoms with Gasteiger partial charge in [-0.1, -0.05) is 221 Å². The predicted molar refractivity (Wildman–Crippen MR) is 251 cm³/mol. The number of hydrogen-bond donors (Lipinski definition) is 0. The van der Waals surface area contributed by atoms with Gasteiger partial charge in [-0.25, -0.2) is 0 Å². The van der Waals surface area contributed by atoms with Crippen molar-refractivity contribution in [2.75, 3.05) is 13.2 Å². The fraction of sp³-hybridized carbons (Fsp3) is 0.679. The van der Waals surface area contributed by atoms with Crippen LogP contribution in [0, 0.1) is 0 Å². The van der Waals surface area contributed by atoms with Gasteiger partial charge < -0.3 is 14.2 Å². The topological polar surface area (TPSA) is 78.9 Å². The van der Waals surface area contributed by atoms with Crippen molar-refractivity contribution in [3.05, 3.63) is 85.1 Å². The summed E-state index contributed by atoms with van der Waals surface area (Å²) in [6, 6.07) is 0. The second kappa shape index (κ2) is 47.3. The van der Waals surface area contributed by atoms with Crippen molar-refractivity contribution in [1.29, 1.82) is 0 Å². The molecule has 0 fully saturated rings. The number of rotatable bonds is 42. The molecule has 0 amide bonds. The number of carbonyl (C=O) groups excluding carboxylic acids is 3. The molecule has 0 aromatic carbocycles. The first-order valence-electron chi connectivity index (χ1n) is 24.2. The Morgan fingerprint density at radius 1 is 0.356 bits per heavy atom. The van der Waals surface area contributed by atoms with Crippen molar-refractivity contribution >= 4 is 17.9 Å². The second-order valence-electron chi connectivity index (χ2n) is 15.8. The highest BCUT2D eigenvalue weighted by Crippen LogP contribution is 2.14. The minimum absolute atomic E-state index is 0.0888. The molecule has 0 aliphatic carbocycles. The molecule has 0 heterocycles. The van der Waals surface area contributed by atoms with Gasteiger partial charge in [0, 0.05) is 19.3 Å². The molecular weight excluding hydrogens is 733 g/mol. The third kappa shape index (κ3) is 45.5. The number of esters is 3. The highest BCUT2D eigenvalue weighted by Gasteiger charge is 2.19. The Kier molecular flexibility index (Phi) is 44.5. The van der Waals surface area contributed by atoms with Crippen LogP contribution < -0.4 is 0 Å². The first kappa shape index (κ1) is 55.6. The van der Waals surface area contributed by atoms with E-state index in [1.54, 1.807) is 0 Å². The smallest absolute Gasteiger partial charge is 0.306 e. The summed E-state index contributed by atoms with van der Waals surface area (Å²) in [6.45, 7) is 6.32. The third-order valence-electron chi connectivity index (χ3n) is 10.1. The second-order valence-corrected chi connectivity index (χ2v) is 15.8. The molecule has 0 aliphatic rings. The third-order valence-corrected chi connectivity index (χ3v) is 10.1. The Hall–Kier alpha value is -3.41. The van der Waals surface area contributed by atoms with E-state index in [0.717, 1.165) is 96.3 Å². The van der Waals surface area contributed by atoms with Crippen LogP contribution in [0.4, 0.5) is 0 Å². The van der Waals surface area contributed by atoms with Crippen molar-refractivity contribution in [1.82, 2.24) is 0 Å². The van der Waals surface area contributed by atoms with E-state index in [9.17, 15) is 14.4 Å². The Bertz CT molecular complexity index is 1170. The number of allylic oxidation sites excluding steroid dienone is 14. The Morgan fingerprint density at radius 3 is 1.03 bits per heavy atom. The minimum Gasteiger partial charge on any atom is -0.462 e. The molecule has 0 aliphatic heterocycles. The number of ether oxygens (including phenoxy) is 3. The lowest BCUT2D eigenvalue weighted by Crippen LogP contribution is -2.30. The van der Waals surface area contributed by atoms with E-state index in [0.29, 0.717) is 19.3 Å². The van der Waals surface area contributed by atoms with Crippen molar-refractivity contribution in [2.24, 2.45) is 0 Å². The van der Waals surface area contributed by atoms with Crippen LogP contribution in [0.5, 0.6) is 0 Å². The molecule has 59 heavy (non-hydrogen) atoms. The molecular formula is C53H88O6. The van der Waals surface area contributed by atoms with Crippen LogP contribution in [0.25, 0.3) is 0 Å². The summed E-state index contributed by atoms with van der Waals surface area (Å²) < 4.78 is 16.7. The van der Waals surface area contributed by atoms with Crippen LogP contribution in [0.3, 0.4) is 0 Å². The molecule has 0 spiro atoms. The number of hydrogen-bond acceptors (Lipinski definition) is 6. The number of unbranched alkanes of at least 4 members (excludes halogenated alkanes) is 22. The van der Waals surface area contributed by atoms with E-state index in [-0.39, 0.29) is 31.1 Å². The lowest BCUT2D eigenvalue weighted by atomic mass is 10.1. The lowest BCUT2D eigenvalue weighted by Gasteiger charge is -2.18. The molecule has 6 nitrogen and oxygen atoms in total. The van der Waals surface area contributed by atoms with Crippen LogP contribution >= 0.6 is 0 Å². The molecule has 6 heteroatoms. The van der Waals surface area contributed by atoms with Gasteiger partial charge >= 0.3 is 17.9 Å². The first-order chi connectivity index (χ1) is 29.0. The lowest BCUT2D eigenvalue weighted by molar-refractivity contribution is -0.167. The maximum absolute atomic E-state index is 12.8. The molecule has 0 aromatic heterocycles. The van der Waals surface area contributed by atoms with Crippen LogP contribution in [-0.2, 0) is 28.6 Å². The summed E-state index contributed by atoms with van der Waals surface area (Å²) in [5.41, 5.74) is 0. The van der Waals surface area contributed by atoms with E-state index in [2.05, 4.69) is 87.6 Å². The van der Waals surface area contributed by atoms with Gasteiger partial charge in [0.2, 0.25) is 0 Å². The molecule has 0 N–H and O–H groups in total.